The molecule has 0 fully saturated rings. The van der Waals surface area contributed by atoms with Gasteiger partial charge in [-0.15, -0.1) is 0 Å². The van der Waals surface area contributed by atoms with E-state index in [2.05, 4.69) is 22.2 Å². The van der Waals surface area contributed by atoms with Crippen molar-refractivity contribution in [1.82, 2.24) is 19.9 Å². The minimum absolute atomic E-state index is 0.776. The van der Waals surface area contributed by atoms with Crippen LogP contribution >= 0.6 is 0 Å². The number of hydrogen-bond acceptors (Lipinski definition) is 3. The first kappa shape index (κ1) is 10.8. The second kappa shape index (κ2) is 4.90. The van der Waals surface area contributed by atoms with Gasteiger partial charge in [-0.3, -0.25) is 4.98 Å². The van der Waals surface area contributed by atoms with E-state index in [-0.39, 0.29) is 0 Å². The van der Waals surface area contributed by atoms with Crippen LogP contribution in [0.25, 0.3) is 0 Å². The second-order valence-electron chi connectivity index (χ2n) is 3.86. The molecule has 16 heavy (non-hydrogen) atoms. The minimum atomic E-state index is 0.776. The van der Waals surface area contributed by atoms with Gasteiger partial charge in [0.05, 0.1) is 6.54 Å². The Morgan fingerprint density at radius 3 is 2.88 bits per heavy atom. The molecule has 0 atom stereocenters. The van der Waals surface area contributed by atoms with E-state index in [0.29, 0.717) is 0 Å². The molecule has 2 aromatic heterocycles. The van der Waals surface area contributed by atoms with E-state index in [0.717, 1.165) is 18.9 Å². The Morgan fingerprint density at radius 2 is 2.19 bits per heavy atom. The second-order valence-corrected chi connectivity index (χ2v) is 3.86. The molecule has 2 aromatic rings. The molecule has 0 saturated heterocycles. The largest absolute Gasteiger partial charge is 0.337 e. The maximum Gasteiger partial charge on any atom is 0.122 e. The summed E-state index contributed by atoms with van der Waals surface area (Å²) in [6, 6.07) is 2.03. The van der Waals surface area contributed by atoms with Crippen LogP contribution in [0.3, 0.4) is 0 Å². The molecule has 4 nitrogen and oxygen atoms in total. The minimum Gasteiger partial charge on any atom is -0.337 e. The predicted octanol–water partition coefficient (Wildman–Crippen LogP) is 1.41. The lowest BCUT2D eigenvalue weighted by Crippen LogP contribution is -2.16. The fraction of sp³-hybridized carbons (Fsp3) is 0.333. The third-order valence-corrected chi connectivity index (χ3v) is 2.67. The van der Waals surface area contributed by atoms with Crippen LogP contribution in [0.5, 0.6) is 0 Å². The van der Waals surface area contributed by atoms with Gasteiger partial charge in [-0.05, 0) is 24.1 Å². The molecule has 0 spiro atoms. The molecule has 0 aliphatic carbocycles. The quantitative estimate of drug-likeness (QED) is 0.840. The summed E-state index contributed by atoms with van der Waals surface area (Å²) in [4.78, 5) is 8.37. The standard InChI is InChI=1S/C12H16N4/c1-10-3-4-13-7-11(10)8-14-9-12-15-5-6-16(12)2/h3-7,14H,8-9H2,1-2H3. The molecule has 1 N–H and O–H groups in total. The van der Waals surface area contributed by atoms with Gasteiger partial charge in [0.15, 0.2) is 0 Å². The Bertz CT molecular complexity index is 462. The Hall–Kier alpha value is -1.68. The van der Waals surface area contributed by atoms with Crippen molar-refractivity contribution < 1.29 is 0 Å². The highest BCUT2D eigenvalue weighted by Crippen LogP contribution is 2.04. The fourth-order valence-electron chi connectivity index (χ4n) is 1.56. The SMILES string of the molecule is Cc1ccncc1CNCc1nccn1C. The van der Waals surface area contributed by atoms with Crippen LogP contribution in [-0.2, 0) is 20.1 Å². The van der Waals surface area contributed by atoms with Crippen molar-refractivity contribution in [3.8, 4) is 0 Å². The third-order valence-electron chi connectivity index (χ3n) is 2.67. The first-order chi connectivity index (χ1) is 7.77. The monoisotopic (exact) mass is 216 g/mol. The summed E-state index contributed by atoms with van der Waals surface area (Å²) in [6.45, 7) is 3.70. The molecule has 4 heteroatoms. The summed E-state index contributed by atoms with van der Waals surface area (Å²) in [6.07, 6.45) is 7.48. The molecule has 0 saturated carbocycles. The number of nitrogens with zero attached hydrogens (tertiary/aromatic N) is 3. The van der Waals surface area contributed by atoms with Crippen molar-refractivity contribution in [3.63, 3.8) is 0 Å². The van der Waals surface area contributed by atoms with Crippen LogP contribution in [0, 0.1) is 6.92 Å². The molecule has 2 rings (SSSR count). The molecule has 0 aromatic carbocycles. The van der Waals surface area contributed by atoms with Gasteiger partial charge >= 0.3 is 0 Å². The van der Waals surface area contributed by atoms with Gasteiger partial charge < -0.3 is 9.88 Å². The van der Waals surface area contributed by atoms with Crippen LogP contribution in [0.1, 0.15) is 17.0 Å². The molecule has 2 heterocycles. The number of nitrogens with one attached hydrogen (secondary N) is 1. The number of imidazole rings is 1. The summed E-state index contributed by atoms with van der Waals surface area (Å²) in [5.74, 6) is 1.04. The lowest BCUT2D eigenvalue weighted by atomic mass is 10.1. The van der Waals surface area contributed by atoms with Crippen LogP contribution in [-0.4, -0.2) is 14.5 Å². The summed E-state index contributed by atoms with van der Waals surface area (Å²) in [7, 11) is 2.00. The van der Waals surface area contributed by atoms with Crippen LogP contribution < -0.4 is 5.32 Å². The molecule has 0 unspecified atom stereocenters. The van der Waals surface area contributed by atoms with Gasteiger partial charge in [-0.25, -0.2) is 4.98 Å². The van der Waals surface area contributed by atoms with Gasteiger partial charge in [0.2, 0.25) is 0 Å². The predicted molar refractivity (Wildman–Crippen MR) is 62.7 cm³/mol. The van der Waals surface area contributed by atoms with Gasteiger partial charge in [0, 0.05) is 38.4 Å². The van der Waals surface area contributed by atoms with E-state index in [4.69, 9.17) is 0 Å². The number of aromatic nitrogens is 3. The maximum atomic E-state index is 4.25. The first-order valence-electron chi connectivity index (χ1n) is 5.34. The van der Waals surface area contributed by atoms with Crippen LogP contribution in [0.4, 0.5) is 0 Å². The first-order valence-corrected chi connectivity index (χ1v) is 5.34. The van der Waals surface area contributed by atoms with Gasteiger partial charge in [0.25, 0.3) is 0 Å². The molecule has 84 valence electrons. The van der Waals surface area contributed by atoms with Crippen molar-refractivity contribution >= 4 is 0 Å². The Balaban J connectivity index is 1.89. The summed E-state index contributed by atoms with van der Waals surface area (Å²) < 4.78 is 2.02. The van der Waals surface area contributed by atoms with E-state index >= 15 is 0 Å². The summed E-state index contributed by atoms with van der Waals surface area (Å²) in [5, 5.41) is 3.36. The maximum absolute atomic E-state index is 4.25. The number of pyridine rings is 1. The van der Waals surface area contributed by atoms with E-state index in [1.54, 1.807) is 0 Å². The highest BCUT2D eigenvalue weighted by molar-refractivity contribution is 5.21. The van der Waals surface area contributed by atoms with Crippen molar-refractivity contribution in [1.29, 1.82) is 0 Å². The Kier molecular flexibility index (Phi) is 3.31. The zero-order valence-electron chi connectivity index (χ0n) is 9.64. The van der Waals surface area contributed by atoms with Crippen molar-refractivity contribution in [2.75, 3.05) is 0 Å². The van der Waals surface area contributed by atoms with Crippen LogP contribution in [0.2, 0.25) is 0 Å². The highest BCUT2D eigenvalue weighted by atomic mass is 15.1. The van der Waals surface area contributed by atoms with Gasteiger partial charge in [-0.1, -0.05) is 0 Å². The van der Waals surface area contributed by atoms with Gasteiger partial charge in [0.1, 0.15) is 5.82 Å². The lowest BCUT2D eigenvalue weighted by molar-refractivity contribution is 0.636. The topological polar surface area (TPSA) is 42.7 Å². The summed E-state index contributed by atoms with van der Waals surface area (Å²) in [5.41, 5.74) is 2.50. The third kappa shape index (κ3) is 2.46. The molecular weight excluding hydrogens is 200 g/mol. The van der Waals surface area contributed by atoms with Gasteiger partial charge in [-0.2, -0.15) is 0 Å². The number of rotatable bonds is 4. The van der Waals surface area contributed by atoms with E-state index in [1.165, 1.54) is 11.1 Å². The Labute approximate surface area is 95.4 Å². The van der Waals surface area contributed by atoms with Crippen LogP contribution in [0.15, 0.2) is 30.9 Å². The fourth-order valence-corrected chi connectivity index (χ4v) is 1.56. The average Bonchev–Trinajstić information content (AvgIpc) is 2.67. The molecular formula is C12H16N4. The zero-order valence-corrected chi connectivity index (χ0v) is 9.64. The summed E-state index contributed by atoms with van der Waals surface area (Å²) >= 11 is 0. The van der Waals surface area contributed by atoms with Crippen molar-refractivity contribution in [2.24, 2.45) is 7.05 Å². The number of hydrogen-bond donors (Lipinski definition) is 1. The van der Waals surface area contributed by atoms with E-state index < -0.39 is 0 Å². The van der Waals surface area contributed by atoms with Crippen molar-refractivity contribution in [2.45, 2.75) is 20.0 Å². The van der Waals surface area contributed by atoms with E-state index in [9.17, 15) is 0 Å². The molecule has 0 amide bonds. The lowest BCUT2D eigenvalue weighted by Gasteiger charge is -2.06. The van der Waals surface area contributed by atoms with Crippen molar-refractivity contribution in [3.05, 3.63) is 47.8 Å². The molecule has 0 bridgehead atoms. The van der Waals surface area contributed by atoms with E-state index in [1.807, 2.05) is 42.5 Å². The molecule has 0 aliphatic heterocycles. The smallest absolute Gasteiger partial charge is 0.122 e. The molecule has 0 radical (unpaired) electrons. The normalized spacial score (nSPS) is 10.6. The highest BCUT2D eigenvalue weighted by Gasteiger charge is 2.00. The molecule has 0 aliphatic rings. The Morgan fingerprint density at radius 1 is 1.31 bits per heavy atom. The zero-order chi connectivity index (χ0) is 11.4. The number of aryl methyl sites for hydroxylation is 2. The average molecular weight is 216 g/mol.